The van der Waals surface area contributed by atoms with E-state index in [9.17, 15) is 8.78 Å². The zero-order valence-electron chi connectivity index (χ0n) is 18.7. The summed E-state index contributed by atoms with van der Waals surface area (Å²) in [6.45, 7) is 1.15. The summed E-state index contributed by atoms with van der Waals surface area (Å²) < 4.78 is 30.0. The highest BCUT2D eigenvalue weighted by Crippen LogP contribution is 2.50. The summed E-state index contributed by atoms with van der Waals surface area (Å²) in [5.41, 5.74) is 9.44. The average Bonchev–Trinajstić information content (AvgIpc) is 3.49. The van der Waals surface area contributed by atoms with Gasteiger partial charge in [-0.1, -0.05) is 12.1 Å². The van der Waals surface area contributed by atoms with Crippen LogP contribution in [0.25, 0.3) is 31.8 Å². The molecule has 1 saturated carbocycles. The highest BCUT2D eigenvalue weighted by atomic mass is 32.1. The maximum atomic E-state index is 14.8. The topological polar surface area (TPSA) is 101 Å². The lowest BCUT2D eigenvalue weighted by atomic mass is 10.0. The van der Waals surface area contributed by atoms with Gasteiger partial charge in [0.05, 0.1) is 17.1 Å². The number of rotatable bonds is 8. The lowest BCUT2D eigenvalue weighted by Crippen LogP contribution is -2.22. The van der Waals surface area contributed by atoms with Crippen molar-refractivity contribution in [3.05, 3.63) is 72.0 Å². The van der Waals surface area contributed by atoms with Gasteiger partial charge in [-0.15, -0.1) is 11.3 Å². The molecule has 1 unspecified atom stereocenters. The lowest BCUT2D eigenvalue weighted by molar-refractivity contribution is 0.575. The largest absolute Gasteiger partial charge is 0.403 e. The Labute approximate surface area is 204 Å². The van der Waals surface area contributed by atoms with Crippen molar-refractivity contribution in [2.24, 2.45) is 5.73 Å². The fourth-order valence-electron chi connectivity index (χ4n) is 4.50. The van der Waals surface area contributed by atoms with E-state index in [2.05, 4.69) is 37.0 Å². The Morgan fingerprint density at radius 3 is 2.80 bits per heavy atom. The number of benzene rings is 1. The van der Waals surface area contributed by atoms with Crippen LogP contribution < -0.4 is 21.7 Å². The molecule has 10 heteroatoms. The van der Waals surface area contributed by atoms with Crippen molar-refractivity contribution in [2.75, 3.05) is 18.4 Å². The van der Waals surface area contributed by atoms with Crippen molar-refractivity contribution in [1.29, 1.82) is 0 Å². The molecule has 178 valence electrons. The van der Waals surface area contributed by atoms with Crippen molar-refractivity contribution < 1.29 is 8.78 Å². The van der Waals surface area contributed by atoms with E-state index in [4.69, 9.17) is 5.73 Å². The Kier molecular flexibility index (Phi) is 5.54. The van der Waals surface area contributed by atoms with E-state index in [-0.39, 0.29) is 11.7 Å². The number of thiophene rings is 1. The lowest BCUT2D eigenvalue weighted by Gasteiger charge is -2.14. The summed E-state index contributed by atoms with van der Waals surface area (Å²) in [6, 6.07) is 8.01. The molecule has 4 aromatic rings. The molecule has 2 aliphatic carbocycles. The molecule has 3 aromatic heterocycles. The van der Waals surface area contributed by atoms with Gasteiger partial charge in [0.2, 0.25) is 11.9 Å². The molecule has 3 heterocycles. The predicted octanol–water partition coefficient (Wildman–Crippen LogP) is 4.28. The minimum absolute atomic E-state index is 0.0233. The van der Waals surface area contributed by atoms with E-state index >= 15 is 0 Å². The van der Waals surface area contributed by atoms with Gasteiger partial charge < -0.3 is 21.7 Å². The summed E-state index contributed by atoms with van der Waals surface area (Å²) in [7, 11) is 0. The van der Waals surface area contributed by atoms with Crippen LogP contribution in [0.2, 0.25) is 0 Å². The second-order valence-corrected chi connectivity index (χ2v) is 9.71. The summed E-state index contributed by atoms with van der Waals surface area (Å²) in [4.78, 5) is 13.1. The summed E-state index contributed by atoms with van der Waals surface area (Å²) >= 11 is 1.46. The van der Waals surface area contributed by atoms with Gasteiger partial charge in [-0.05, 0) is 41.0 Å². The van der Waals surface area contributed by atoms with E-state index in [0.29, 0.717) is 30.0 Å². The first kappa shape index (κ1) is 21.9. The minimum atomic E-state index is -0.510. The van der Waals surface area contributed by atoms with Gasteiger partial charge in [-0.25, -0.2) is 19.3 Å². The van der Waals surface area contributed by atoms with E-state index in [1.165, 1.54) is 29.8 Å². The van der Waals surface area contributed by atoms with E-state index < -0.39 is 11.8 Å². The Morgan fingerprint density at radius 2 is 1.97 bits per heavy atom. The SMILES string of the molecule is N/C=C\NCCNc1ncc(F)c(-c2cc3ccc4c(c3s2)-c2cc(F)ncc2C4NC2CC2)n1. The second-order valence-electron chi connectivity index (χ2n) is 8.66. The first-order valence-corrected chi connectivity index (χ1v) is 12.3. The van der Waals surface area contributed by atoms with Crippen molar-refractivity contribution in [3.63, 3.8) is 0 Å². The maximum Gasteiger partial charge on any atom is 0.223 e. The fraction of sp³-hybridized carbons (Fsp3) is 0.240. The third-order valence-electron chi connectivity index (χ3n) is 6.24. The van der Waals surface area contributed by atoms with Crippen LogP contribution in [-0.4, -0.2) is 34.1 Å². The van der Waals surface area contributed by atoms with E-state index in [1.807, 2.05) is 12.1 Å². The zero-order valence-corrected chi connectivity index (χ0v) is 19.5. The van der Waals surface area contributed by atoms with Crippen LogP contribution in [0.4, 0.5) is 14.7 Å². The molecule has 6 rings (SSSR count). The third kappa shape index (κ3) is 4.08. The molecule has 1 fully saturated rings. The summed E-state index contributed by atoms with van der Waals surface area (Å²) in [6.07, 6.45) is 8.15. The normalized spacial score (nSPS) is 16.6. The number of hydrogen-bond acceptors (Lipinski definition) is 8. The van der Waals surface area contributed by atoms with Gasteiger partial charge in [0, 0.05) is 54.1 Å². The Balaban J connectivity index is 1.39. The molecule has 35 heavy (non-hydrogen) atoms. The van der Waals surface area contributed by atoms with Gasteiger partial charge in [0.1, 0.15) is 5.69 Å². The van der Waals surface area contributed by atoms with Gasteiger partial charge in [-0.2, -0.15) is 4.39 Å². The highest BCUT2D eigenvalue weighted by molar-refractivity contribution is 7.22. The van der Waals surface area contributed by atoms with Gasteiger partial charge in [-0.3, -0.25) is 0 Å². The number of nitrogens with zero attached hydrogens (tertiary/aromatic N) is 3. The molecule has 0 spiro atoms. The molecule has 0 amide bonds. The Bertz CT molecular complexity index is 1450. The molecule has 5 N–H and O–H groups in total. The van der Waals surface area contributed by atoms with Crippen molar-refractivity contribution in [3.8, 4) is 21.7 Å². The first-order valence-electron chi connectivity index (χ1n) is 11.5. The molecule has 2 aliphatic rings. The Hall–Kier alpha value is -3.63. The van der Waals surface area contributed by atoms with E-state index in [0.717, 1.165) is 45.2 Å². The standard InChI is InChI=1S/C25H23F2N7S/c26-18-12-32-25(30-8-7-29-6-5-28)34-23(18)19-9-13-1-4-15-21(24(13)35-19)16-10-20(27)31-11-17(16)22(15)33-14-2-3-14/h1,4-6,9-12,14,22,29,33H,2-3,7-8,28H2,(H,30,32,34)/b6-5-. The number of aromatic nitrogens is 3. The molecule has 1 aromatic carbocycles. The monoisotopic (exact) mass is 491 g/mol. The molecule has 7 nitrogen and oxygen atoms in total. The van der Waals surface area contributed by atoms with Crippen molar-refractivity contribution in [1.82, 2.24) is 25.6 Å². The summed E-state index contributed by atoms with van der Waals surface area (Å²) in [5, 5.41) is 10.7. The number of nitrogens with one attached hydrogen (secondary N) is 3. The van der Waals surface area contributed by atoms with Crippen molar-refractivity contribution >= 4 is 27.4 Å². The number of fused-ring (bicyclic) bond motifs is 5. The second kappa shape index (κ2) is 8.86. The predicted molar refractivity (Wildman–Crippen MR) is 134 cm³/mol. The molecule has 1 atom stereocenters. The van der Waals surface area contributed by atoms with Gasteiger partial charge in [0.15, 0.2) is 5.82 Å². The molecular weight excluding hydrogens is 468 g/mol. The maximum absolute atomic E-state index is 14.8. The Morgan fingerprint density at radius 1 is 1.09 bits per heavy atom. The smallest absolute Gasteiger partial charge is 0.223 e. The molecular formula is C25H23F2N7S. The van der Waals surface area contributed by atoms with Crippen LogP contribution in [0.5, 0.6) is 0 Å². The molecule has 0 saturated heterocycles. The quantitative estimate of drug-likeness (QED) is 0.216. The van der Waals surface area contributed by atoms with Gasteiger partial charge in [0.25, 0.3) is 0 Å². The first-order chi connectivity index (χ1) is 17.1. The fourth-order valence-corrected chi connectivity index (χ4v) is 5.72. The van der Waals surface area contributed by atoms with Crippen LogP contribution >= 0.6 is 11.3 Å². The number of nitrogens with two attached hydrogens (primary N) is 1. The number of hydrogen-bond donors (Lipinski definition) is 4. The van der Waals surface area contributed by atoms with Crippen LogP contribution in [0.15, 0.2) is 49.1 Å². The van der Waals surface area contributed by atoms with Crippen LogP contribution in [0.3, 0.4) is 0 Å². The zero-order chi connectivity index (χ0) is 23.9. The molecule has 0 aliphatic heterocycles. The number of pyridine rings is 1. The highest BCUT2D eigenvalue weighted by Gasteiger charge is 2.35. The third-order valence-corrected chi connectivity index (χ3v) is 7.41. The molecule has 0 radical (unpaired) electrons. The van der Waals surface area contributed by atoms with Crippen LogP contribution in [0.1, 0.15) is 30.0 Å². The number of anilines is 1. The molecule has 0 bridgehead atoms. The minimum Gasteiger partial charge on any atom is -0.403 e. The van der Waals surface area contributed by atoms with Crippen molar-refractivity contribution in [2.45, 2.75) is 24.9 Å². The summed E-state index contributed by atoms with van der Waals surface area (Å²) in [5.74, 6) is -0.661. The number of halogens is 2. The van der Waals surface area contributed by atoms with Crippen LogP contribution in [-0.2, 0) is 0 Å². The average molecular weight is 492 g/mol. The van der Waals surface area contributed by atoms with Gasteiger partial charge >= 0.3 is 0 Å². The van der Waals surface area contributed by atoms with E-state index in [1.54, 1.807) is 12.4 Å². The van der Waals surface area contributed by atoms with Crippen LogP contribution in [0, 0.1) is 11.8 Å².